The van der Waals surface area contributed by atoms with Crippen LogP contribution in [0.5, 0.6) is 0 Å². The van der Waals surface area contributed by atoms with Gasteiger partial charge in [-0.1, -0.05) is 153 Å². The van der Waals surface area contributed by atoms with Crippen LogP contribution in [0.3, 0.4) is 0 Å². The number of hydrogen-bond acceptors (Lipinski definition) is 1. The van der Waals surface area contributed by atoms with Crippen molar-refractivity contribution in [3.05, 3.63) is 205 Å². The molecule has 0 saturated heterocycles. The third-order valence-corrected chi connectivity index (χ3v) is 14.6. The summed E-state index contributed by atoms with van der Waals surface area (Å²) >= 11 is 1.95. The third kappa shape index (κ3) is 4.64. The monoisotopic (exact) mass is 782 g/mol. The minimum Gasteiger partial charge on any atom is -0.309 e. The van der Waals surface area contributed by atoms with E-state index in [0.29, 0.717) is 0 Å². The van der Waals surface area contributed by atoms with Gasteiger partial charge in [-0.05, 0) is 93.5 Å². The van der Waals surface area contributed by atoms with E-state index in [-0.39, 0.29) is 5.41 Å². The molecule has 0 radical (unpaired) electrons. The number of fused-ring (bicyclic) bond motifs is 13. The lowest BCUT2D eigenvalue weighted by atomic mass is 9.82. The smallest absolute Gasteiger partial charge is 0.0547 e. The number of thiophene rings is 1. The molecule has 0 bridgehead atoms. The van der Waals surface area contributed by atoms with Crippen molar-refractivity contribution < 1.29 is 0 Å². The maximum absolute atomic E-state index is 2.43. The van der Waals surface area contributed by atoms with E-state index in [1.165, 1.54) is 114 Å². The van der Waals surface area contributed by atoms with Gasteiger partial charge < -0.3 is 9.13 Å². The molecular formula is C57H38N2S. The Morgan fingerprint density at radius 3 is 1.72 bits per heavy atom. The Bertz CT molecular complexity index is 3730. The highest BCUT2D eigenvalue weighted by atomic mass is 32.1. The fourth-order valence-corrected chi connectivity index (χ4v) is 11.9. The van der Waals surface area contributed by atoms with E-state index < -0.39 is 0 Å². The van der Waals surface area contributed by atoms with Crippen LogP contribution >= 0.6 is 11.3 Å². The van der Waals surface area contributed by atoms with Crippen LogP contribution in [0.4, 0.5) is 0 Å². The molecule has 282 valence electrons. The van der Waals surface area contributed by atoms with Crippen LogP contribution < -0.4 is 0 Å². The molecule has 0 aliphatic heterocycles. The predicted octanol–water partition coefficient (Wildman–Crippen LogP) is 15.9. The summed E-state index contributed by atoms with van der Waals surface area (Å²) in [5.41, 5.74) is 17.8. The third-order valence-electron chi connectivity index (χ3n) is 13.3. The molecule has 13 rings (SSSR count). The van der Waals surface area contributed by atoms with E-state index in [1.54, 1.807) is 0 Å². The zero-order valence-electron chi connectivity index (χ0n) is 33.3. The van der Waals surface area contributed by atoms with Crippen molar-refractivity contribution in [3.8, 4) is 44.8 Å². The first-order valence-corrected chi connectivity index (χ1v) is 21.7. The molecule has 3 heteroatoms. The number of hydrogen-bond donors (Lipinski definition) is 0. The van der Waals surface area contributed by atoms with Crippen molar-refractivity contribution in [1.29, 1.82) is 0 Å². The molecule has 60 heavy (non-hydrogen) atoms. The summed E-state index contributed by atoms with van der Waals surface area (Å²) in [6.45, 7) is 4.74. The molecule has 0 saturated carbocycles. The Morgan fingerprint density at radius 1 is 0.350 bits per heavy atom. The Labute approximate surface area is 351 Å². The van der Waals surface area contributed by atoms with E-state index in [0.717, 1.165) is 5.69 Å². The number of benzene rings is 9. The molecule has 3 heterocycles. The van der Waals surface area contributed by atoms with Crippen LogP contribution in [0.25, 0.3) is 109 Å². The SMILES string of the molecule is CC1(C)c2ccccc2-c2c1ccc1c2sc2c(-c3ccc(-n4c5ccccc5c5cc(-c6ccc7c8ccccc8n(-c8ccccc8)c7c6)ccc54)cc3)cccc21. The van der Waals surface area contributed by atoms with E-state index in [9.17, 15) is 0 Å². The molecule has 1 aliphatic carbocycles. The normalized spacial score (nSPS) is 13.3. The molecule has 0 unspecified atom stereocenters. The zero-order chi connectivity index (χ0) is 39.7. The lowest BCUT2D eigenvalue weighted by Crippen LogP contribution is -2.14. The molecule has 0 spiro atoms. The first-order valence-electron chi connectivity index (χ1n) is 20.8. The number of aromatic nitrogens is 2. The van der Waals surface area contributed by atoms with Crippen molar-refractivity contribution in [2.45, 2.75) is 19.3 Å². The van der Waals surface area contributed by atoms with Crippen molar-refractivity contribution >= 4 is 75.1 Å². The van der Waals surface area contributed by atoms with Crippen LogP contribution in [0.15, 0.2) is 194 Å². The highest BCUT2D eigenvalue weighted by Crippen LogP contribution is 2.54. The molecular weight excluding hydrogens is 745 g/mol. The first-order chi connectivity index (χ1) is 29.5. The Kier molecular flexibility index (Phi) is 6.98. The van der Waals surface area contributed by atoms with Gasteiger partial charge >= 0.3 is 0 Å². The van der Waals surface area contributed by atoms with Crippen molar-refractivity contribution in [3.63, 3.8) is 0 Å². The second-order valence-electron chi connectivity index (χ2n) is 16.9. The molecule has 3 aromatic heterocycles. The summed E-state index contributed by atoms with van der Waals surface area (Å²) in [7, 11) is 0. The molecule has 2 nitrogen and oxygen atoms in total. The van der Waals surface area contributed by atoms with E-state index in [4.69, 9.17) is 0 Å². The number of nitrogens with zero attached hydrogens (tertiary/aromatic N) is 2. The molecule has 12 aromatic rings. The van der Waals surface area contributed by atoms with Gasteiger partial charge in [0.15, 0.2) is 0 Å². The molecule has 9 aromatic carbocycles. The zero-order valence-corrected chi connectivity index (χ0v) is 34.1. The molecule has 1 aliphatic rings. The summed E-state index contributed by atoms with van der Waals surface area (Å²) in [6, 6.07) is 72.0. The van der Waals surface area contributed by atoms with Crippen molar-refractivity contribution in [1.82, 2.24) is 9.13 Å². The Hall–Kier alpha value is -7.20. The topological polar surface area (TPSA) is 9.86 Å². The molecule has 0 amide bonds. The Morgan fingerprint density at radius 2 is 0.900 bits per heavy atom. The standard InChI is InChI=1S/C57H38N2S/c1-57(2)48-20-9-6-17-46(48)54-49(57)31-30-45-44-19-12-18-40(55(44)60-56(45)54)35-23-27-39(28-24-35)58-51-22-11-8-16-42(51)47-33-36(26-32-52(47)58)37-25-29-43-41-15-7-10-21-50(41)59(53(43)34-37)38-13-4-3-5-14-38/h3-34H,1-2H3. The second-order valence-corrected chi connectivity index (χ2v) is 17.9. The Balaban J connectivity index is 0.923. The fourth-order valence-electron chi connectivity index (χ4n) is 10.5. The van der Waals surface area contributed by atoms with Crippen LogP contribution in [0.2, 0.25) is 0 Å². The van der Waals surface area contributed by atoms with Gasteiger partial charge in [0.25, 0.3) is 0 Å². The van der Waals surface area contributed by atoms with E-state index >= 15 is 0 Å². The minimum atomic E-state index is -0.0113. The minimum absolute atomic E-state index is 0.0113. The van der Waals surface area contributed by atoms with Gasteiger partial charge in [0.2, 0.25) is 0 Å². The lowest BCUT2D eigenvalue weighted by molar-refractivity contribution is 0.661. The maximum atomic E-state index is 2.43. The quantitative estimate of drug-likeness (QED) is 0.168. The maximum Gasteiger partial charge on any atom is 0.0547 e. The van der Waals surface area contributed by atoms with Crippen LogP contribution in [0.1, 0.15) is 25.0 Å². The number of rotatable bonds is 4. The lowest BCUT2D eigenvalue weighted by Gasteiger charge is -2.21. The summed E-state index contributed by atoms with van der Waals surface area (Å²) in [6.07, 6.45) is 0. The first kappa shape index (κ1) is 33.7. The van der Waals surface area contributed by atoms with Gasteiger partial charge in [0.1, 0.15) is 0 Å². The van der Waals surface area contributed by atoms with Crippen molar-refractivity contribution in [2.75, 3.05) is 0 Å². The molecule has 0 fully saturated rings. The van der Waals surface area contributed by atoms with E-state index in [1.807, 2.05) is 11.3 Å². The average molecular weight is 783 g/mol. The highest BCUT2D eigenvalue weighted by molar-refractivity contribution is 7.27. The average Bonchev–Trinajstić information content (AvgIpc) is 4.01. The largest absolute Gasteiger partial charge is 0.309 e. The van der Waals surface area contributed by atoms with Crippen molar-refractivity contribution in [2.24, 2.45) is 0 Å². The summed E-state index contributed by atoms with van der Waals surface area (Å²) in [5.74, 6) is 0. The van der Waals surface area contributed by atoms with Gasteiger partial charge in [-0.2, -0.15) is 0 Å². The second kappa shape index (κ2) is 12.4. The molecule has 0 atom stereocenters. The van der Waals surface area contributed by atoms with E-state index in [2.05, 4.69) is 217 Å². The summed E-state index contributed by atoms with van der Waals surface area (Å²) < 4.78 is 7.57. The summed E-state index contributed by atoms with van der Waals surface area (Å²) in [4.78, 5) is 0. The van der Waals surface area contributed by atoms with Crippen LogP contribution in [-0.2, 0) is 5.41 Å². The van der Waals surface area contributed by atoms with Gasteiger partial charge in [-0.15, -0.1) is 11.3 Å². The van der Waals surface area contributed by atoms with Crippen LogP contribution in [-0.4, -0.2) is 9.13 Å². The van der Waals surface area contributed by atoms with Gasteiger partial charge in [-0.3, -0.25) is 0 Å². The number of para-hydroxylation sites is 3. The van der Waals surface area contributed by atoms with Crippen LogP contribution in [0, 0.1) is 0 Å². The van der Waals surface area contributed by atoms with Gasteiger partial charge in [0, 0.05) is 64.1 Å². The predicted molar refractivity (Wildman–Crippen MR) is 256 cm³/mol. The summed E-state index contributed by atoms with van der Waals surface area (Å²) in [5, 5.41) is 7.73. The fraction of sp³-hybridized carbons (Fsp3) is 0.0526. The van der Waals surface area contributed by atoms with Gasteiger partial charge in [0.05, 0.1) is 22.1 Å². The highest BCUT2D eigenvalue weighted by Gasteiger charge is 2.36. The molecule has 0 N–H and O–H groups in total. The van der Waals surface area contributed by atoms with Gasteiger partial charge in [-0.25, -0.2) is 0 Å².